The van der Waals surface area contributed by atoms with Crippen molar-refractivity contribution in [1.29, 1.82) is 0 Å². The van der Waals surface area contributed by atoms with Crippen molar-refractivity contribution in [2.24, 2.45) is 0 Å². The van der Waals surface area contributed by atoms with Crippen LogP contribution in [0.15, 0.2) is 23.1 Å². The summed E-state index contributed by atoms with van der Waals surface area (Å²) in [5.41, 5.74) is 0. The lowest BCUT2D eigenvalue weighted by molar-refractivity contribution is 1.66. The quantitative estimate of drug-likeness (QED) is 0.432. The van der Waals surface area contributed by atoms with Gasteiger partial charge in [0.05, 0.1) is 0 Å². The summed E-state index contributed by atoms with van der Waals surface area (Å²) >= 11 is 1.56. The second-order valence-electron chi connectivity index (χ2n) is 1.65. The molecule has 0 aromatic carbocycles. The Kier molecular flexibility index (Phi) is 6.11. The van der Waals surface area contributed by atoms with Crippen molar-refractivity contribution in [2.75, 3.05) is 0 Å². The minimum absolute atomic E-state index is 1.21. The first kappa shape index (κ1) is 9.39. The van der Waals surface area contributed by atoms with E-state index in [2.05, 4.69) is 23.3 Å². The standard InChI is InChI=1S/C9H12S/c1-4-7-9(6-3)10-8-5-2/h4,6-7H,1-3H3/b7-4+,9-6-. The fourth-order valence-electron chi connectivity index (χ4n) is 0.463. The van der Waals surface area contributed by atoms with E-state index in [1.54, 1.807) is 11.8 Å². The Morgan fingerprint density at radius 2 is 2.10 bits per heavy atom. The summed E-state index contributed by atoms with van der Waals surface area (Å²) in [7, 11) is 0. The lowest BCUT2D eigenvalue weighted by Gasteiger charge is -1.89. The van der Waals surface area contributed by atoms with Gasteiger partial charge in [-0.3, -0.25) is 0 Å². The predicted molar refractivity (Wildman–Crippen MR) is 49.6 cm³/mol. The van der Waals surface area contributed by atoms with E-state index in [1.165, 1.54) is 4.91 Å². The molecule has 0 saturated heterocycles. The maximum absolute atomic E-state index is 2.93. The summed E-state index contributed by atoms with van der Waals surface area (Å²) < 4.78 is 0. The van der Waals surface area contributed by atoms with E-state index < -0.39 is 0 Å². The Bertz CT molecular complexity index is 189. The summed E-state index contributed by atoms with van der Waals surface area (Å²) in [5, 5.41) is 2.93. The molecule has 0 aromatic heterocycles. The van der Waals surface area contributed by atoms with Gasteiger partial charge in [0.2, 0.25) is 0 Å². The van der Waals surface area contributed by atoms with E-state index in [0.717, 1.165) is 0 Å². The fourth-order valence-corrected chi connectivity index (χ4v) is 1.01. The molecule has 0 nitrogen and oxygen atoms in total. The molecule has 0 unspecified atom stereocenters. The van der Waals surface area contributed by atoms with Gasteiger partial charge in [-0.15, -0.1) is 0 Å². The second kappa shape index (κ2) is 6.51. The van der Waals surface area contributed by atoms with E-state index in [0.29, 0.717) is 0 Å². The van der Waals surface area contributed by atoms with E-state index in [9.17, 15) is 0 Å². The summed E-state index contributed by atoms with van der Waals surface area (Å²) in [6, 6.07) is 0. The molecule has 0 saturated carbocycles. The maximum atomic E-state index is 2.93. The molecule has 0 rings (SSSR count). The summed E-state index contributed by atoms with van der Waals surface area (Å²) in [6.07, 6.45) is 6.11. The zero-order chi connectivity index (χ0) is 7.82. The molecule has 0 spiro atoms. The Morgan fingerprint density at radius 1 is 1.40 bits per heavy atom. The zero-order valence-corrected chi connectivity index (χ0v) is 7.46. The third-order valence-electron chi connectivity index (χ3n) is 0.886. The maximum Gasteiger partial charge on any atom is 0.0157 e. The molecule has 0 aliphatic carbocycles. The molecule has 0 aliphatic rings. The van der Waals surface area contributed by atoms with Crippen LogP contribution in [0.5, 0.6) is 0 Å². The molecule has 0 fully saturated rings. The van der Waals surface area contributed by atoms with Crippen LogP contribution in [0.1, 0.15) is 20.8 Å². The lowest BCUT2D eigenvalue weighted by Crippen LogP contribution is -1.63. The minimum Gasteiger partial charge on any atom is -0.0943 e. The molecule has 0 N–H and O–H groups in total. The van der Waals surface area contributed by atoms with Crippen LogP contribution in [0.25, 0.3) is 0 Å². The SMILES string of the molecule is CC#CSC(=C\C)/C=C/C. The van der Waals surface area contributed by atoms with Crippen molar-refractivity contribution >= 4 is 11.8 Å². The molecule has 0 radical (unpaired) electrons. The van der Waals surface area contributed by atoms with Gasteiger partial charge in [0, 0.05) is 4.91 Å². The van der Waals surface area contributed by atoms with E-state index in [1.807, 2.05) is 26.8 Å². The van der Waals surface area contributed by atoms with Gasteiger partial charge in [0.1, 0.15) is 0 Å². The first-order valence-corrected chi connectivity index (χ1v) is 4.04. The minimum atomic E-state index is 1.21. The highest BCUT2D eigenvalue weighted by atomic mass is 32.2. The molecular weight excluding hydrogens is 140 g/mol. The van der Waals surface area contributed by atoms with Crippen molar-refractivity contribution in [3.05, 3.63) is 23.1 Å². The predicted octanol–water partition coefficient (Wildman–Crippen LogP) is 3.18. The van der Waals surface area contributed by atoms with Gasteiger partial charge < -0.3 is 0 Å². The van der Waals surface area contributed by atoms with Crippen LogP contribution in [0.2, 0.25) is 0 Å². The Labute approximate surface area is 67.4 Å². The molecule has 0 amide bonds. The molecule has 0 aliphatic heterocycles. The van der Waals surface area contributed by atoms with Crippen LogP contribution in [-0.4, -0.2) is 0 Å². The monoisotopic (exact) mass is 152 g/mol. The third kappa shape index (κ3) is 4.29. The Hall–Kier alpha value is -0.610. The van der Waals surface area contributed by atoms with Crippen LogP contribution in [0.4, 0.5) is 0 Å². The molecule has 0 bridgehead atoms. The van der Waals surface area contributed by atoms with Gasteiger partial charge in [0.15, 0.2) is 0 Å². The van der Waals surface area contributed by atoms with Gasteiger partial charge in [-0.05, 0) is 37.8 Å². The van der Waals surface area contributed by atoms with Gasteiger partial charge in [0.25, 0.3) is 0 Å². The normalized spacial score (nSPS) is 11.3. The smallest absolute Gasteiger partial charge is 0.0157 e. The van der Waals surface area contributed by atoms with Gasteiger partial charge in [-0.25, -0.2) is 0 Å². The van der Waals surface area contributed by atoms with Crippen LogP contribution >= 0.6 is 11.8 Å². The fraction of sp³-hybridized carbons (Fsp3) is 0.333. The number of allylic oxidation sites excluding steroid dienone is 3. The first-order valence-electron chi connectivity index (χ1n) is 3.22. The summed E-state index contributed by atoms with van der Waals surface area (Å²) in [5.74, 6) is 2.83. The molecule has 10 heavy (non-hydrogen) atoms. The van der Waals surface area contributed by atoms with Crippen LogP contribution in [0, 0.1) is 11.2 Å². The highest BCUT2D eigenvalue weighted by Gasteiger charge is 1.84. The molecule has 1 heteroatoms. The average molecular weight is 152 g/mol. The molecule has 0 aromatic rings. The molecule has 0 heterocycles. The second-order valence-corrected chi connectivity index (χ2v) is 2.52. The first-order chi connectivity index (χ1) is 4.85. The Morgan fingerprint density at radius 3 is 2.50 bits per heavy atom. The van der Waals surface area contributed by atoms with Crippen molar-refractivity contribution < 1.29 is 0 Å². The van der Waals surface area contributed by atoms with Gasteiger partial charge in [-0.2, -0.15) is 0 Å². The molecule has 0 atom stereocenters. The van der Waals surface area contributed by atoms with E-state index in [4.69, 9.17) is 0 Å². The van der Waals surface area contributed by atoms with E-state index in [-0.39, 0.29) is 0 Å². The number of rotatable bonds is 2. The third-order valence-corrected chi connectivity index (χ3v) is 1.80. The number of hydrogen-bond donors (Lipinski definition) is 0. The van der Waals surface area contributed by atoms with Gasteiger partial charge in [-0.1, -0.05) is 24.1 Å². The molecule has 54 valence electrons. The van der Waals surface area contributed by atoms with Crippen molar-refractivity contribution in [2.45, 2.75) is 20.8 Å². The highest BCUT2D eigenvalue weighted by molar-refractivity contribution is 8.07. The topological polar surface area (TPSA) is 0 Å². The number of hydrogen-bond acceptors (Lipinski definition) is 1. The van der Waals surface area contributed by atoms with Crippen molar-refractivity contribution in [1.82, 2.24) is 0 Å². The van der Waals surface area contributed by atoms with Crippen molar-refractivity contribution in [3.8, 4) is 11.2 Å². The molecular formula is C9H12S. The van der Waals surface area contributed by atoms with Crippen molar-refractivity contribution in [3.63, 3.8) is 0 Å². The van der Waals surface area contributed by atoms with Gasteiger partial charge >= 0.3 is 0 Å². The lowest BCUT2D eigenvalue weighted by atomic mass is 10.4. The average Bonchev–Trinajstić information content (AvgIpc) is 1.98. The Balaban J connectivity index is 3.94. The zero-order valence-electron chi connectivity index (χ0n) is 6.64. The van der Waals surface area contributed by atoms with Crippen LogP contribution in [0.3, 0.4) is 0 Å². The summed E-state index contributed by atoms with van der Waals surface area (Å²) in [6.45, 7) is 5.86. The summed E-state index contributed by atoms with van der Waals surface area (Å²) in [4.78, 5) is 1.21. The van der Waals surface area contributed by atoms with Crippen LogP contribution in [-0.2, 0) is 0 Å². The van der Waals surface area contributed by atoms with Crippen LogP contribution < -0.4 is 0 Å². The van der Waals surface area contributed by atoms with E-state index >= 15 is 0 Å². The highest BCUT2D eigenvalue weighted by Crippen LogP contribution is 2.14. The number of thioether (sulfide) groups is 1. The largest absolute Gasteiger partial charge is 0.0943 e.